The molecule has 3 atom stereocenters. The third-order valence-electron chi connectivity index (χ3n) is 6.20. The van der Waals surface area contributed by atoms with Crippen LogP contribution in [0.1, 0.15) is 84.5 Å². The van der Waals surface area contributed by atoms with Gasteiger partial charge in [0.1, 0.15) is 0 Å². The number of rotatable bonds is 6. The molecule has 118 valence electrons. The fourth-order valence-electron chi connectivity index (χ4n) is 4.93. The molecule has 2 fully saturated rings. The quantitative estimate of drug-likeness (QED) is 0.549. The smallest absolute Gasteiger partial charge is 0.0267 e. The van der Waals surface area contributed by atoms with E-state index in [9.17, 15) is 0 Å². The maximum absolute atomic E-state index is 5.96. The molecule has 20 heavy (non-hydrogen) atoms. The molecule has 0 amide bonds. The summed E-state index contributed by atoms with van der Waals surface area (Å²) in [4.78, 5) is 0. The number of hydrazine groups is 1. The van der Waals surface area contributed by atoms with Crippen molar-refractivity contribution in [2.24, 2.45) is 29.5 Å². The number of nitrogens with one attached hydrogen (secondary N) is 1. The molecule has 2 aliphatic rings. The van der Waals surface area contributed by atoms with Crippen molar-refractivity contribution in [1.82, 2.24) is 5.43 Å². The Morgan fingerprint density at radius 3 is 2.30 bits per heavy atom. The van der Waals surface area contributed by atoms with Crippen LogP contribution < -0.4 is 11.3 Å². The highest BCUT2D eigenvalue weighted by Crippen LogP contribution is 2.40. The Kier molecular flexibility index (Phi) is 6.83. The zero-order valence-electron chi connectivity index (χ0n) is 13.7. The number of hydrogen-bond donors (Lipinski definition) is 2. The highest BCUT2D eigenvalue weighted by molar-refractivity contribution is 4.88. The Balaban J connectivity index is 1.85. The van der Waals surface area contributed by atoms with Crippen LogP contribution in [0.3, 0.4) is 0 Å². The van der Waals surface area contributed by atoms with E-state index in [2.05, 4.69) is 19.3 Å². The van der Waals surface area contributed by atoms with Crippen molar-refractivity contribution in [3.63, 3.8) is 0 Å². The van der Waals surface area contributed by atoms with Crippen LogP contribution in [0, 0.1) is 23.7 Å². The van der Waals surface area contributed by atoms with Gasteiger partial charge >= 0.3 is 0 Å². The molecule has 2 heteroatoms. The van der Waals surface area contributed by atoms with Gasteiger partial charge in [0.25, 0.3) is 0 Å². The molecule has 0 radical (unpaired) electrons. The first-order valence-corrected chi connectivity index (χ1v) is 9.24. The van der Waals surface area contributed by atoms with E-state index in [1.165, 1.54) is 70.6 Å². The minimum absolute atomic E-state index is 0.590. The lowest BCUT2D eigenvalue weighted by Crippen LogP contribution is -2.48. The van der Waals surface area contributed by atoms with Crippen LogP contribution >= 0.6 is 0 Å². The van der Waals surface area contributed by atoms with E-state index in [0.717, 1.165) is 23.7 Å². The standard InChI is InChI=1S/C18H36N2/c1-3-6-15-9-11-16(12-10-15)18(20-19)17-8-5-7-14(4-2)13-17/h14-18,20H,3-13,19H2,1-2H3. The van der Waals surface area contributed by atoms with Crippen molar-refractivity contribution in [3.8, 4) is 0 Å². The molecule has 2 nitrogen and oxygen atoms in total. The van der Waals surface area contributed by atoms with Crippen LogP contribution in [0.5, 0.6) is 0 Å². The van der Waals surface area contributed by atoms with E-state index in [4.69, 9.17) is 5.84 Å². The van der Waals surface area contributed by atoms with E-state index in [1.807, 2.05) is 0 Å². The largest absolute Gasteiger partial charge is 0.271 e. The highest BCUT2D eigenvalue weighted by Gasteiger charge is 2.34. The van der Waals surface area contributed by atoms with Crippen molar-refractivity contribution in [2.45, 2.75) is 90.5 Å². The molecular weight excluding hydrogens is 244 g/mol. The number of nitrogens with two attached hydrogens (primary N) is 1. The molecule has 3 unspecified atom stereocenters. The molecule has 0 aromatic carbocycles. The SMILES string of the molecule is CCCC1CCC(C(NN)C2CCCC(CC)C2)CC1. The summed E-state index contributed by atoms with van der Waals surface area (Å²) in [6.07, 6.45) is 15.6. The minimum Gasteiger partial charge on any atom is -0.271 e. The molecule has 2 rings (SSSR count). The van der Waals surface area contributed by atoms with Gasteiger partial charge in [-0.05, 0) is 49.4 Å². The predicted molar refractivity (Wildman–Crippen MR) is 87.2 cm³/mol. The molecule has 0 saturated heterocycles. The first-order chi connectivity index (χ1) is 9.78. The summed E-state index contributed by atoms with van der Waals surface area (Å²) < 4.78 is 0. The van der Waals surface area contributed by atoms with Crippen LogP contribution in [-0.4, -0.2) is 6.04 Å². The summed E-state index contributed by atoms with van der Waals surface area (Å²) in [7, 11) is 0. The fourth-order valence-corrected chi connectivity index (χ4v) is 4.93. The van der Waals surface area contributed by atoms with Gasteiger partial charge in [0.2, 0.25) is 0 Å². The average molecular weight is 280 g/mol. The summed E-state index contributed by atoms with van der Waals surface area (Å²) >= 11 is 0. The summed E-state index contributed by atoms with van der Waals surface area (Å²) in [5.41, 5.74) is 3.23. The average Bonchev–Trinajstić information content (AvgIpc) is 2.50. The second-order valence-electron chi connectivity index (χ2n) is 7.46. The first kappa shape index (κ1) is 16.3. The Morgan fingerprint density at radius 2 is 1.70 bits per heavy atom. The lowest BCUT2D eigenvalue weighted by Gasteiger charge is -2.40. The molecular formula is C18H36N2. The third kappa shape index (κ3) is 4.21. The monoisotopic (exact) mass is 280 g/mol. The van der Waals surface area contributed by atoms with Crippen molar-refractivity contribution >= 4 is 0 Å². The van der Waals surface area contributed by atoms with Crippen molar-refractivity contribution in [1.29, 1.82) is 0 Å². The molecule has 0 aromatic heterocycles. The van der Waals surface area contributed by atoms with E-state index in [-0.39, 0.29) is 0 Å². The van der Waals surface area contributed by atoms with Gasteiger partial charge in [-0.15, -0.1) is 0 Å². The Labute approximate surface area is 126 Å². The van der Waals surface area contributed by atoms with Gasteiger partial charge in [-0.25, -0.2) is 0 Å². The van der Waals surface area contributed by atoms with Crippen LogP contribution in [0.15, 0.2) is 0 Å². The van der Waals surface area contributed by atoms with Gasteiger partial charge in [-0.1, -0.05) is 58.8 Å². The summed E-state index contributed by atoms with van der Waals surface area (Å²) in [6, 6.07) is 0.590. The Bertz CT molecular complexity index is 258. The number of hydrogen-bond acceptors (Lipinski definition) is 2. The van der Waals surface area contributed by atoms with Gasteiger partial charge in [0.05, 0.1) is 0 Å². The second kappa shape index (κ2) is 8.38. The zero-order chi connectivity index (χ0) is 14.4. The first-order valence-electron chi connectivity index (χ1n) is 9.24. The van der Waals surface area contributed by atoms with Crippen molar-refractivity contribution < 1.29 is 0 Å². The van der Waals surface area contributed by atoms with Crippen LogP contribution in [0.25, 0.3) is 0 Å². The zero-order valence-corrected chi connectivity index (χ0v) is 13.7. The molecule has 0 bridgehead atoms. The maximum Gasteiger partial charge on any atom is 0.0267 e. The van der Waals surface area contributed by atoms with E-state index < -0.39 is 0 Å². The van der Waals surface area contributed by atoms with Crippen LogP contribution in [0.2, 0.25) is 0 Å². The van der Waals surface area contributed by atoms with Gasteiger partial charge in [0, 0.05) is 6.04 Å². The van der Waals surface area contributed by atoms with Gasteiger partial charge in [0.15, 0.2) is 0 Å². The highest BCUT2D eigenvalue weighted by atomic mass is 15.2. The van der Waals surface area contributed by atoms with Crippen LogP contribution in [0.4, 0.5) is 0 Å². The summed E-state index contributed by atoms with van der Waals surface area (Å²) in [5, 5.41) is 0. The second-order valence-corrected chi connectivity index (χ2v) is 7.46. The minimum atomic E-state index is 0.590. The van der Waals surface area contributed by atoms with Gasteiger partial charge in [-0.2, -0.15) is 0 Å². The van der Waals surface area contributed by atoms with Crippen molar-refractivity contribution in [3.05, 3.63) is 0 Å². The fraction of sp³-hybridized carbons (Fsp3) is 1.00. The maximum atomic E-state index is 5.96. The lowest BCUT2D eigenvalue weighted by atomic mass is 9.69. The molecule has 0 aromatic rings. The molecule has 2 aliphatic carbocycles. The van der Waals surface area contributed by atoms with E-state index >= 15 is 0 Å². The Morgan fingerprint density at radius 1 is 0.950 bits per heavy atom. The summed E-state index contributed by atoms with van der Waals surface area (Å²) in [6.45, 7) is 4.68. The molecule has 3 N–H and O–H groups in total. The molecule has 2 saturated carbocycles. The third-order valence-corrected chi connectivity index (χ3v) is 6.20. The Hall–Kier alpha value is -0.0800. The predicted octanol–water partition coefficient (Wildman–Crippen LogP) is 4.64. The summed E-state index contributed by atoms with van der Waals surface area (Å²) in [5.74, 6) is 9.61. The van der Waals surface area contributed by atoms with E-state index in [0.29, 0.717) is 6.04 Å². The van der Waals surface area contributed by atoms with Crippen LogP contribution in [-0.2, 0) is 0 Å². The molecule has 0 heterocycles. The molecule has 0 aliphatic heterocycles. The normalized spacial score (nSPS) is 36.8. The topological polar surface area (TPSA) is 38.0 Å². The van der Waals surface area contributed by atoms with Crippen molar-refractivity contribution in [2.75, 3.05) is 0 Å². The van der Waals surface area contributed by atoms with E-state index in [1.54, 1.807) is 0 Å². The van der Waals surface area contributed by atoms with Gasteiger partial charge in [-0.3, -0.25) is 11.3 Å². The lowest BCUT2D eigenvalue weighted by molar-refractivity contribution is 0.130. The molecule has 0 spiro atoms. The van der Waals surface area contributed by atoms with Gasteiger partial charge < -0.3 is 0 Å².